The molecule has 0 unspecified atom stereocenters. The van der Waals surface area contributed by atoms with Gasteiger partial charge in [-0.05, 0) is 37.5 Å². The van der Waals surface area contributed by atoms with Crippen LogP contribution in [-0.2, 0) is 16.1 Å². The van der Waals surface area contributed by atoms with Crippen molar-refractivity contribution in [3.05, 3.63) is 23.8 Å². The summed E-state index contributed by atoms with van der Waals surface area (Å²) in [6, 6.07) is 5.52. The number of nitrogens with one attached hydrogen (secondary N) is 1. The van der Waals surface area contributed by atoms with Gasteiger partial charge in [-0.3, -0.25) is 9.59 Å². The average Bonchev–Trinajstić information content (AvgIpc) is 2.50. The normalized spacial score (nSPS) is 10.1. The van der Waals surface area contributed by atoms with E-state index in [1.807, 2.05) is 25.1 Å². The maximum absolute atomic E-state index is 11.7. The van der Waals surface area contributed by atoms with Gasteiger partial charge >= 0.3 is 5.97 Å². The van der Waals surface area contributed by atoms with Crippen molar-refractivity contribution in [3.63, 3.8) is 0 Å². The standard InChI is InChI=1S/C16H23NO5/c1-3-22-13-9-8-12(10-14(13)21-2)11-17-15(18)6-4-5-7-16(19)20/h8-10H,3-7,11H2,1-2H3,(H,17,18)(H,19,20). The van der Waals surface area contributed by atoms with Crippen LogP contribution in [0.15, 0.2) is 18.2 Å². The number of unbranched alkanes of at least 4 members (excludes halogenated alkanes) is 1. The number of carboxylic acid groups (broad SMARTS) is 1. The molecule has 6 nitrogen and oxygen atoms in total. The molecule has 1 aromatic carbocycles. The molecule has 0 aliphatic rings. The Morgan fingerprint density at radius 2 is 1.91 bits per heavy atom. The van der Waals surface area contributed by atoms with Crippen LogP contribution in [0.25, 0.3) is 0 Å². The average molecular weight is 309 g/mol. The van der Waals surface area contributed by atoms with Crippen LogP contribution < -0.4 is 14.8 Å². The first-order chi connectivity index (χ1) is 10.6. The van der Waals surface area contributed by atoms with Crippen molar-refractivity contribution in [2.24, 2.45) is 0 Å². The summed E-state index contributed by atoms with van der Waals surface area (Å²) in [6.45, 7) is 2.86. The maximum atomic E-state index is 11.7. The summed E-state index contributed by atoms with van der Waals surface area (Å²) < 4.78 is 10.7. The van der Waals surface area contributed by atoms with Crippen molar-refractivity contribution in [1.29, 1.82) is 0 Å². The van der Waals surface area contributed by atoms with Gasteiger partial charge in [0.15, 0.2) is 11.5 Å². The first-order valence-electron chi connectivity index (χ1n) is 7.35. The Morgan fingerprint density at radius 3 is 2.55 bits per heavy atom. The highest BCUT2D eigenvalue weighted by Crippen LogP contribution is 2.27. The number of rotatable bonds is 10. The fourth-order valence-electron chi connectivity index (χ4n) is 1.95. The first-order valence-corrected chi connectivity index (χ1v) is 7.35. The molecule has 6 heteroatoms. The van der Waals surface area contributed by atoms with Crippen LogP contribution in [0.1, 0.15) is 38.2 Å². The van der Waals surface area contributed by atoms with Crippen molar-refractivity contribution >= 4 is 11.9 Å². The third-order valence-corrected chi connectivity index (χ3v) is 3.06. The van der Waals surface area contributed by atoms with E-state index >= 15 is 0 Å². The van der Waals surface area contributed by atoms with E-state index in [4.69, 9.17) is 14.6 Å². The summed E-state index contributed by atoms with van der Waals surface area (Å²) in [6.07, 6.45) is 1.52. The Kier molecular flexibility index (Phi) is 7.81. The summed E-state index contributed by atoms with van der Waals surface area (Å²) in [5.41, 5.74) is 0.916. The van der Waals surface area contributed by atoms with Gasteiger partial charge in [-0.15, -0.1) is 0 Å². The van der Waals surface area contributed by atoms with Crippen molar-refractivity contribution in [3.8, 4) is 11.5 Å². The van der Waals surface area contributed by atoms with Crippen molar-refractivity contribution < 1.29 is 24.2 Å². The molecular weight excluding hydrogens is 286 g/mol. The lowest BCUT2D eigenvalue weighted by Gasteiger charge is -2.11. The number of methoxy groups -OCH3 is 1. The van der Waals surface area contributed by atoms with E-state index < -0.39 is 5.97 Å². The van der Waals surface area contributed by atoms with Crippen LogP contribution in [0.2, 0.25) is 0 Å². The third-order valence-electron chi connectivity index (χ3n) is 3.06. The predicted molar refractivity (Wildman–Crippen MR) is 82.1 cm³/mol. The zero-order valence-electron chi connectivity index (χ0n) is 13.1. The number of ether oxygens (including phenoxy) is 2. The number of amides is 1. The van der Waals surface area contributed by atoms with Crippen LogP contribution in [-0.4, -0.2) is 30.7 Å². The second-order valence-electron chi connectivity index (χ2n) is 4.80. The summed E-state index contributed by atoms with van der Waals surface area (Å²) in [5.74, 6) is 0.393. The van der Waals surface area contributed by atoms with E-state index in [1.54, 1.807) is 7.11 Å². The maximum Gasteiger partial charge on any atom is 0.303 e. The third kappa shape index (κ3) is 6.47. The lowest BCUT2D eigenvalue weighted by atomic mass is 10.1. The second kappa shape index (κ2) is 9.65. The highest BCUT2D eigenvalue weighted by molar-refractivity contribution is 5.76. The van der Waals surface area contributed by atoms with Crippen LogP contribution in [0, 0.1) is 0 Å². The summed E-state index contributed by atoms with van der Waals surface area (Å²) in [7, 11) is 1.57. The Balaban J connectivity index is 2.40. The van der Waals surface area contributed by atoms with Crippen molar-refractivity contribution in [1.82, 2.24) is 5.32 Å². The van der Waals surface area contributed by atoms with E-state index in [9.17, 15) is 9.59 Å². The Morgan fingerprint density at radius 1 is 1.18 bits per heavy atom. The SMILES string of the molecule is CCOc1ccc(CNC(=O)CCCCC(=O)O)cc1OC. The molecular formula is C16H23NO5. The molecule has 0 saturated carbocycles. The van der Waals surface area contributed by atoms with Gasteiger partial charge in [-0.2, -0.15) is 0 Å². The van der Waals surface area contributed by atoms with Gasteiger partial charge in [-0.25, -0.2) is 0 Å². The zero-order chi connectivity index (χ0) is 16.4. The van der Waals surface area contributed by atoms with Gasteiger partial charge in [0.25, 0.3) is 0 Å². The van der Waals surface area contributed by atoms with Gasteiger partial charge in [-0.1, -0.05) is 6.07 Å². The predicted octanol–water partition coefficient (Wildman–Crippen LogP) is 2.36. The van der Waals surface area contributed by atoms with Gasteiger partial charge in [0.1, 0.15) is 0 Å². The molecule has 0 heterocycles. The largest absolute Gasteiger partial charge is 0.493 e. The number of aliphatic carboxylic acids is 1. The molecule has 0 spiro atoms. The molecule has 22 heavy (non-hydrogen) atoms. The zero-order valence-corrected chi connectivity index (χ0v) is 13.1. The van der Waals surface area contributed by atoms with Crippen LogP contribution >= 0.6 is 0 Å². The van der Waals surface area contributed by atoms with Crippen LogP contribution in [0.5, 0.6) is 11.5 Å². The molecule has 1 amide bonds. The van der Waals surface area contributed by atoms with Gasteiger partial charge in [0.05, 0.1) is 13.7 Å². The van der Waals surface area contributed by atoms with Crippen LogP contribution in [0.3, 0.4) is 0 Å². The Hall–Kier alpha value is -2.24. The molecule has 0 atom stereocenters. The van der Waals surface area contributed by atoms with Crippen LogP contribution in [0.4, 0.5) is 0 Å². The molecule has 122 valence electrons. The molecule has 0 aromatic heterocycles. The lowest BCUT2D eigenvalue weighted by Crippen LogP contribution is -2.22. The highest BCUT2D eigenvalue weighted by atomic mass is 16.5. The Labute approximate surface area is 130 Å². The molecule has 0 bridgehead atoms. The minimum absolute atomic E-state index is 0.0850. The molecule has 1 rings (SSSR count). The highest BCUT2D eigenvalue weighted by Gasteiger charge is 2.07. The number of hydrogen-bond donors (Lipinski definition) is 2. The quantitative estimate of drug-likeness (QED) is 0.648. The number of hydrogen-bond acceptors (Lipinski definition) is 4. The summed E-state index contributed by atoms with van der Waals surface area (Å²) in [4.78, 5) is 22.0. The minimum Gasteiger partial charge on any atom is -0.493 e. The summed E-state index contributed by atoms with van der Waals surface area (Å²) >= 11 is 0. The fraction of sp³-hybridized carbons (Fsp3) is 0.500. The minimum atomic E-state index is -0.832. The lowest BCUT2D eigenvalue weighted by molar-refractivity contribution is -0.137. The number of benzene rings is 1. The molecule has 0 radical (unpaired) electrons. The first kappa shape index (κ1) is 17.8. The smallest absolute Gasteiger partial charge is 0.303 e. The summed E-state index contributed by atoms with van der Waals surface area (Å²) in [5, 5.41) is 11.3. The number of carbonyl (C=O) groups excluding carboxylic acids is 1. The van der Waals surface area contributed by atoms with E-state index in [0.717, 1.165) is 5.56 Å². The van der Waals surface area contributed by atoms with E-state index in [0.29, 0.717) is 43.9 Å². The van der Waals surface area contributed by atoms with E-state index in [-0.39, 0.29) is 12.3 Å². The molecule has 1 aromatic rings. The van der Waals surface area contributed by atoms with Gasteiger partial charge < -0.3 is 19.9 Å². The Bertz CT molecular complexity index is 501. The number of carboxylic acids is 1. The molecule has 0 aliphatic carbocycles. The monoisotopic (exact) mass is 309 g/mol. The topological polar surface area (TPSA) is 84.9 Å². The fourth-order valence-corrected chi connectivity index (χ4v) is 1.95. The second-order valence-corrected chi connectivity index (χ2v) is 4.80. The molecule has 2 N–H and O–H groups in total. The number of carbonyl (C=O) groups is 2. The molecule has 0 aliphatic heterocycles. The van der Waals surface area contributed by atoms with E-state index in [1.165, 1.54) is 0 Å². The van der Waals surface area contributed by atoms with Gasteiger partial charge in [0.2, 0.25) is 5.91 Å². The van der Waals surface area contributed by atoms with Crippen molar-refractivity contribution in [2.75, 3.05) is 13.7 Å². The molecule has 0 saturated heterocycles. The van der Waals surface area contributed by atoms with Crippen molar-refractivity contribution in [2.45, 2.75) is 39.2 Å². The molecule has 0 fully saturated rings. The van der Waals surface area contributed by atoms with Gasteiger partial charge in [0, 0.05) is 19.4 Å². The van der Waals surface area contributed by atoms with E-state index in [2.05, 4.69) is 5.32 Å².